The Balaban J connectivity index is 1.58. The van der Waals surface area contributed by atoms with Gasteiger partial charge in [0.15, 0.2) is 0 Å². The molecule has 33 heavy (non-hydrogen) atoms. The molecule has 2 fully saturated rings. The first-order chi connectivity index (χ1) is 15.3. The highest BCUT2D eigenvalue weighted by molar-refractivity contribution is 6.30. The van der Waals surface area contributed by atoms with E-state index in [0.29, 0.717) is 12.0 Å². The van der Waals surface area contributed by atoms with E-state index in [-0.39, 0.29) is 54.6 Å². The lowest BCUT2D eigenvalue weighted by Crippen LogP contribution is -2.49. The Labute approximate surface area is 193 Å². The van der Waals surface area contributed by atoms with Crippen LogP contribution in [0.4, 0.5) is 32.0 Å². The van der Waals surface area contributed by atoms with Gasteiger partial charge in [-0.15, -0.1) is 0 Å². The van der Waals surface area contributed by atoms with Gasteiger partial charge in [0, 0.05) is 37.1 Å². The summed E-state index contributed by atoms with van der Waals surface area (Å²) in [6.07, 6.45) is -5.30. The number of hydrogen-bond donors (Lipinski definition) is 0. The molecule has 0 N–H and O–H groups in total. The van der Waals surface area contributed by atoms with Crippen LogP contribution < -0.4 is 4.90 Å². The molecule has 1 aromatic carbocycles. The first-order valence-electron chi connectivity index (χ1n) is 10.3. The molecule has 1 saturated carbocycles. The van der Waals surface area contributed by atoms with Crippen LogP contribution in [0.3, 0.4) is 0 Å². The minimum atomic E-state index is -4.53. The third-order valence-corrected chi connectivity index (χ3v) is 6.13. The number of nitrogens with zero attached hydrogens (tertiary/aromatic N) is 2. The average molecular weight is 493 g/mol. The second-order valence-electron chi connectivity index (χ2n) is 8.07. The zero-order valence-corrected chi connectivity index (χ0v) is 18.6. The first kappa shape index (κ1) is 25.2. The van der Waals surface area contributed by atoms with Crippen LogP contribution in [0, 0.1) is 11.8 Å². The number of carbonyl (C=O) groups is 1. The summed E-state index contributed by atoms with van der Waals surface area (Å²) < 4.78 is 78.5. The van der Waals surface area contributed by atoms with Crippen molar-refractivity contribution in [2.24, 2.45) is 11.8 Å². The zero-order valence-electron chi connectivity index (χ0n) is 17.8. The van der Waals surface area contributed by atoms with Gasteiger partial charge in [0.05, 0.1) is 16.8 Å². The standard InChI is InChI=1S/C23H23ClF6N2O/c1-3-15(22(25,26)27)5-4-14(2)17-13-18(17)21(33)32-10-8-31(9-11-32)20-12-16(24)6-7-19(20)23(28,29)30/h3-7,12,17-18H,2,8-11,13H2,1H3/b5-4-,15-3+/t17-,18-/m0/s1. The fourth-order valence-electron chi connectivity index (χ4n) is 3.96. The summed E-state index contributed by atoms with van der Waals surface area (Å²) in [4.78, 5) is 15.9. The second kappa shape index (κ2) is 9.44. The van der Waals surface area contributed by atoms with E-state index in [1.165, 1.54) is 25.1 Å². The van der Waals surface area contributed by atoms with Crippen molar-refractivity contribution in [3.05, 3.63) is 64.7 Å². The fourth-order valence-corrected chi connectivity index (χ4v) is 4.13. The van der Waals surface area contributed by atoms with E-state index in [9.17, 15) is 31.1 Å². The van der Waals surface area contributed by atoms with Gasteiger partial charge in [-0.25, -0.2) is 0 Å². The van der Waals surface area contributed by atoms with Gasteiger partial charge in [-0.05, 0) is 37.5 Å². The molecule has 0 aromatic heterocycles. The van der Waals surface area contributed by atoms with Crippen molar-refractivity contribution >= 4 is 23.2 Å². The number of allylic oxidation sites excluding steroid dienone is 5. The fraction of sp³-hybridized carbons (Fsp3) is 0.435. The van der Waals surface area contributed by atoms with E-state index in [0.717, 1.165) is 18.2 Å². The molecule has 2 aliphatic rings. The van der Waals surface area contributed by atoms with Crippen molar-refractivity contribution < 1.29 is 31.1 Å². The summed E-state index contributed by atoms with van der Waals surface area (Å²) in [5.74, 6) is -0.758. The smallest absolute Gasteiger partial charge is 0.367 e. The predicted octanol–water partition coefficient (Wildman–Crippen LogP) is 6.26. The first-order valence-corrected chi connectivity index (χ1v) is 10.7. The highest BCUT2D eigenvalue weighted by atomic mass is 35.5. The molecular weight excluding hydrogens is 470 g/mol. The molecule has 0 spiro atoms. The van der Waals surface area contributed by atoms with Crippen molar-refractivity contribution in [2.45, 2.75) is 25.7 Å². The van der Waals surface area contributed by atoms with Crippen LogP contribution in [-0.2, 0) is 11.0 Å². The second-order valence-corrected chi connectivity index (χ2v) is 8.51. The molecule has 1 aromatic rings. The van der Waals surface area contributed by atoms with Gasteiger partial charge in [-0.2, -0.15) is 26.3 Å². The Hall–Kier alpha value is -2.42. The van der Waals surface area contributed by atoms with Gasteiger partial charge in [0.2, 0.25) is 5.91 Å². The Morgan fingerprint density at radius 2 is 1.70 bits per heavy atom. The number of halogens is 7. The molecule has 2 atom stereocenters. The van der Waals surface area contributed by atoms with Crippen LogP contribution in [-0.4, -0.2) is 43.2 Å². The number of benzene rings is 1. The summed E-state index contributed by atoms with van der Waals surface area (Å²) in [5, 5.41) is 0.190. The van der Waals surface area contributed by atoms with E-state index < -0.39 is 23.5 Å². The minimum absolute atomic E-state index is 0.0191. The molecule has 180 valence electrons. The molecule has 10 heteroatoms. The minimum Gasteiger partial charge on any atom is -0.367 e. The van der Waals surface area contributed by atoms with Crippen molar-refractivity contribution in [1.29, 1.82) is 0 Å². The predicted molar refractivity (Wildman–Crippen MR) is 115 cm³/mol. The summed E-state index contributed by atoms with van der Waals surface area (Å²) in [6, 6.07) is 3.41. The SMILES string of the molecule is C=C(/C=C\C(=C/C)C(F)(F)F)[C@@H]1C[C@@H]1C(=O)N1CCN(c2cc(Cl)ccc2C(F)(F)F)CC1. The van der Waals surface area contributed by atoms with Crippen molar-refractivity contribution in [3.8, 4) is 0 Å². The molecule has 0 bridgehead atoms. The van der Waals surface area contributed by atoms with Gasteiger partial charge < -0.3 is 9.80 Å². The molecule has 0 radical (unpaired) electrons. The van der Waals surface area contributed by atoms with Crippen LogP contribution in [0.2, 0.25) is 5.02 Å². The maximum Gasteiger partial charge on any atom is 0.418 e. The van der Waals surface area contributed by atoms with Crippen molar-refractivity contribution in [1.82, 2.24) is 4.90 Å². The van der Waals surface area contributed by atoms with Gasteiger partial charge in [0.1, 0.15) is 0 Å². The largest absolute Gasteiger partial charge is 0.418 e. The van der Waals surface area contributed by atoms with Crippen LogP contribution in [0.5, 0.6) is 0 Å². The van der Waals surface area contributed by atoms with Crippen molar-refractivity contribution in [2.75, 3.05) is 31.1 Å². The van der Waals surface area contributed by atoms with Crippen LogP contribution in [0.15, 0.2) is 54.2 Å². The molecule has 1 aliphatic carbocycles. The maximum atomic E-state index is 13.4. The Bertz CT molecular complexity index is 974. The normalized spacial score (nSPS) is 22.1. The van der Waals surface area contributed by atoms with E-state index in [1.807, 2.05) is 0 Å². The van der Waals surface area contributed by atoms with Gasteiger partial charge >= 0.3 is 12.4 Å². The number of alkyl halides is 6. The van der Waals surface area contributed by atoms with E-state index in [2.05, 4.69) is 6.58 Å². The number of anilines is 1. The number of carbonyl (C=O) groups excluding carboxylic acids is 1. The lowest BCUT2D eigenvalue weighted by atomic mass is 10.1. The van der Waals surface area contributed by atoms with Gasteiger partial charge in [-0.1, -0.05) is 42.0 Å². The maximum absolute atomic E-state index is 13.4. The average Bonchev–Trinajstić information content (AvgIpc) is 3.53. The lowest BCUT2D eigenvalue weighted by molar-refractivity contribution is -0.137. The molecule has 3 rings (SSSR count). The summed E-state index contributed by atoms with van der Waals surface area (Å²) in [6.45, 7) is 5.99. The summed E-state index contributed by atoms with van der Waals surface area (Å²) in [7, 11) is 0. The number of hydrogen-bond acceptors (Lipinski definition) is 2. The Kier molecular flexibility index (Phi) is 7.21. The van der Waals surface area contributed by atoms with E-state index in [4.69, 9.17) is 11.6 Å². The molecular formula is C23H23ClF6N2O. The van der Waals surface area contributed by atoms with E-state index in [1.54, 1.807) is 9.80 Å². The summed E-state index contributed by atoms with van der Waals surface area (Å²) >= 11 is 5.90. The molecule has 0 unspecified atom stereocenters. The molecule has 3 nitrogen and oxygen atoms in total. The topological polar surface area (TPSA) is 23.6 Å². The Morgan fingerprint density at radius 1 is 1.06 bits per heavy atom. The third-order valence-electron chi connectivity index (χ3n) is 5.90. The highest BCUT2D eigenvalue weighted by Crippen LogP contribution is 2.46. The molecule has 1 amide bonds. The van der Waals surface area contributed by atoms with Crippen LogP contribution in [0.25, 0.3) is 0 Å². The van der Waals surface area contributed by atoms with Crippen LogP contribution >= 0.6 is 11.6 Å². The van der Waals surface area contributed by atoms with Crippen LogP contribution in [0.1, 0.15) is 18.9 Å². The van der Waals surface area contributed by atoms with Gasteiger partial charge in [0.25, 0.3) is 0 Å². The molecule has 1 aliphatic heterocycles. The zero-order chi connectivity index (χ0) is 24.6. The number of amides is 1. The molecule has 1 heterocycles. The highest BCUT2D eigenvalue weighted by Gasteiger charge is 2.46. The summed E-state index contributed by atoms with van der Waals surface area (Å²) in [5.41, 5.74) is -1.14. The number of piperazine rings is 1. The molecule has 1 saturated heterocycles. The van der Waals surface area contributed by atoms with Gasteiger partial charge in [-0.3, -0.25) is 4.79 Å². The number of rotatable bonds is 5. The Morgan fingerprint density at radius 3 is 2.24 bits per heavy atom. The monoisotopic (exact) mass is 492 g/mol. The van der Waals surface area contributed by atoms with Crippen molar-refractivity contribution in [3.63, 3.8) is 0 Å². The third kappa shape index (κ3) is 5.93. The van der Waals surface area contributed by atoms with E-state index >= 15 is 0 Å². The quantitative estimate of drug-likeness (QED) is 0.357. The lowest BCUT2D eigenvalue weighted by Gasteiger charge is -2.37.